The van der Waals surface area contributed by atoms with Crippen molar-refractivity contribution in [2.45, 2.75) is 13.0 Å². The number of hydrogen-bond acceptors (Lipinski definition) is 4. The van der Waals surface area contributed by atoms with E-state index < -0.39 is 0 Å². The van der Waals surface area contributed by atoms with E-state index in [0.29, 0.717) is 13.3 Å². The van der Waals surface area contributed by atoms with Crippen molar-refractivity contribution in [3.05, 3.63) is 53.6 Å². The number of guanidine groups is 1. The first kappa shape index (κ1) is 17.9. The van der Waals surface area contributed by atoms with Crippen LogP contribution in [0.5, 0.6) is 17.2 Å². The molecule has 0 bridgehead atoms. The summed E-state index contributed by atoms with van der Waals surface area (Å²) in [6, 6.07) is 14.1. The Bertz CT molecular complexity index is 777. The maximum atomic E-state index is 5.43. The summed E-state index contributed by atoms with van der Waals surface area (Å²) in [5.74, 6) is 3.36. The third kappa shape index (κ3) is 4.20. The van der Waals surface area contributed by atoms with E-state index in [1.807, 2.05) is 37.4 Å². The smallest absolute Gasteiger partial charge is 0.231 e. The molecule has 6 heteroatoms. The summed E-state index contributed by atoms with van der Waals surface area (Å²) in [4.78, 5) is 6.46. The molecule has 26 heavy (non-hydrogen) atoms. The normalized spacial score (nSPS) is 12.8. The largest absolute Gasteiger partial charge is 0.496 e. The van der Waals surface area contributed by atoms with Crippen molar-refractivity contribution in [2.24, 2.45) is 4.99 Å². The molecule has 0 aromatic heterocycles. The lowest BCUT2D eigenvalue weighted by Crippen LogP contribution is -2.39. The van der Waals surface area contributed by atoms with Gasteiger partial charge in [-0.3, -0.25) is 4.99 Å². The van der Waals surface area contributed by atoms with Gasteiger partial charge in [-0.2, -0.15) is 0 Å². The van der Waals surface area contributed by atoms with E-state index in [0.717, 1.165) is 41.7 Å². The second-order valence-corrected chi connectivity index (χ2v) is 6.08. The van der Waals surface area contributed by atoms with Crippen LogP contribution in [0.3, 0.4) is 0 Å². The van der Waals surface area contributed by atoms with Gasteiger partial charge in [0.2, 0.25) is 6.79 Å². The second kappa shape index (κ2) is 8.47. The lowest BCUT2D eigenvalue weighted by Gasteiger charge is -2.23. The molecular formula is C20H25N3O3. The van der Waals surface area contributed by atoms with E-state index in [-0.39, 0.29) is 0 Å². The van der Waals surface area contributed by atoms with E-state index >= 15 is 0 Å². The summed E-state index contributed by atoms with van der Waals surface area (Å²) in [6.45, 7) is 1.80. The van der Waals surface area contributed by atoms with Crippen LogP contribution in [-0.2, 0) is 13.0 Å². The molecule has 1 heterocycles. The zero-order valence-electron chi connectivity index (χ0n) is 15.5. The topological polar surface area (TPSA) is 55.3 Å². The first-order chi connectivity index (χ1) is 12.7. The highest BCUT2D eigenvalue weighted by Crippen LogP contribution is 2.32. The minimum atomic E-state index is 0.303. The van der Waals surface area contributed by atoms with Crippen LogP contribution in [0.4, 0.5) is 0 Å². The molecule has 0 atom stereocenters. The van der Waals surface area contributed by atoms with Crippen molar-refractivity contribution in [1.82, 2.24) is 10.2 Å². The summed E-state index contributed by atoms with van der Waals surface area (Å²) in [5, 5.41) is 3.41. The number of rotatable bonds is 6. The van der Waals surface area contributed by atoms with Crippen molar-refractivity contribution in [1.29, 1.82) is 0 Å². The first-order valence-corrected chi connectivity index (χ1v) is 8.63. The van der Waals surface area contributed by atoms with Gasteiger partial charge in [0.25, 0.3) is 0 Å². The molecule has 0 radical (unpaired) electrons. The SMILES string of the molecule is CN=C(NCCc1ccc2c(c1)OCO2)N(C)Cc1ccccc1OC. The van der Waals surface area contributed by atoms with Gasteiger partial charge in [-0.25, -0.2) is 0 Å². The molecule has 0 amide bonds. The van der Waals surface area contributed by atoms with E-state index in [1.165, 1.54) is 5.56 Å². The zero-order chi connectivity index (χ0) is 18.4. The maximum absolute atomic E-state index is 5.43. The minimum absolute atomic E-state index is 0.303. The Balaban J connectivity index is 1.54. The molecule has 2 aromatic carbocycles. The molecule has 1 aliphatic heterocycles. The fraction of sp³-hybridized carbons (Fsp3) is 0.350. The zero-order valence-corrected chi connectivity index (χ0v) is 15.5. The Kier molecular flexibility index (Phi) is 5.84. The maximum Gasteiger partial charge on any atom is 0.231 e. The van der Waals surface area contributed by atoms with Gasteiger partial charge in [-0.15, -0.1) is 0 Å². The van der Waals surface area contributed by atoms with Crippen LogP contribution in [0.1, 0.15) is 11.1 Å². The van der Waals surface area contributed by atoms with Gasteiger partial charge in [0.15, 0.2) is 17.5 Å². The van der Waals surface area contributed by atoms with Crippen LogP contribution in [0.25, 0.3) is 0 Å². The monoisotopic (exact) mass is 355 g/mol. The Hall–Kier alpha value is -2.89. The highest BCUT2D eigenvalue weighted by atomic mass is 16.7. The Morgan fingerprint density at radius 3 is 2.81 bits per heavy atom. The molecule has 0 fully saturated rings. The number of methoxy groups -OCH3 is 1. The number of hydrogen-bond donors (Lipinski definition) is 1. The van der Waals surface area contributed by atoms with Crippen LogP contribution in [0, 0.1) is 0 Å². The molecule has 0 spiro atoms. The van der Waals surface area contributed by atoms with Crippen molar-refractivity contribution in [3.63, 3.8) is 0 Å². The van der Waals surface area contributed by atoms with Crippen molar-refractivity contribution in [3.8, 4) is 17.2 Å². The molecule has 1 N–H and O–H groups in total. The van der Waals surface area contributed by atoms with Crippen LogP contribution in [-0.4, -0.2) is 45.4 Å². The number of fused-ring (bicyclic) bond motifs is 1. The van der Waals surface area contributed by atoms with Gasteiger partial charge in [0.1, 0.15) is 5.75 Å². The van der Waals surface area contributed by atoms with E-state index in [9.17, 15) is 0 Å². The lowest BCUT2D eigenvalue weighted by atomic mass is 10.1. The average molecular weight is 355 g/mol. The van der Waals surface area contributed by atoms with Crippen molar-refractivity contribution >= 4 is 5.96 Å². The molecule has 6 nitrogen and oxygen atoms in total. The number of nitrogens with one attached hydrogen (secondary N) is 1. The van der Waals surface area contributed by atoms with Crippen molar-refractivity contribution < 1.29 is 14.2 Å². The van der Waals surface area contributed by atoms with Crippen LogP contribution in [0.2, 0.25) is 0 Å². The van der Waals surface area contributed by atoms with Gasteiger partial charge in [0.05, 0.1) is 7.11 Å². The van der Waals surface area contributed by atoms with Gasteiger partial charge in [-0.05, 0) is 30.2 Å². The fourth-order valence-corrected chi connectivity index (χ4v) is 2.96. The third-order valence-corrected chi connectivity index (χ3v) is 4.31. The number of benzene rings is 2. The van der Waals surface area contributed by atoms with Gasteiger partial charge >= 0.3 is 0 Å². The Labute approximate surface area is 154 Å². The highest BCUT2D eigenvalue weighted by molar-refractivity contribution is 5.79. The summed E-state index contributed by atoms with van der Waals surface area (Å²) < 4.78 is 16.2. The minimum Gasteiger partial charge on any atom is -0.496 e. The van der Waals surface area contributed by atoms with Gasteiger partial charge in [-0.1, -0.05) is 24.3 Å². The molecule has 0 saturated carbocycles. The van der Waals surface area contributed by atoms with Crippen molar-refractivity contribution in [2.75, 3.05) is 34.5 Å². The van der Waals surface area contributed by atoms with E-state index in [1.54, 1.807) is 14.2 Å². The van der Waals surface area contributed by atoms with E-state index in [2.05, 4.69) is 27.3 Å². The van der Waals surface area contributed by atoms with Crippen LogP contribution < -0.4 is 19.5 Å². The van der Waals surface area contributed by atoms with E-state index in [4.69, 9.17) is 14.2 Å². The lowest BCUT2D eigenvalue weighted by molar-refractivity contribution is 0.174. The first-order valence-electron chi connectivity index (χ1n) is 8.63. The summed E-state index contributed by atoms with van der Waals surface area (Å²) in [5.41, 5.74) is 2.32. The summed E-state index contributed by atoms with van der Waals surface area (Å²) in [7, 11) is 5.50. The predicted molar refractivity (Wildman–Crippen MR) is 102 cm³/mol. The quantitative estimate of drug-likeness (QED) is 0.638. The summed E-state index contributed by atoms with van der Waals surface area (Å²) in [6.07, 6.45) is 0.873. The van der Waals surface area contributed by atoms with Gasteiger partial charge < -0.3 is 24.4 Å². The average Bonchev–Trinajstić information content (AvgIpc) is 3.13. The molecule has 3 rings (SSSR count). The summed E-state index contributed by atoms with van der Waals surface area (Å²) >= 11 is 0. The van der Waals surface area contributed by atoms with Crippen LogP contribution in [0.15, 0.2) is 47.5 Å². The number of ether oxygens (including phenoxy) is 3. The fourth-order valence-electron chi connectivity index (χ4n) is 2.96. The molecule has 0 unspecified atom stereocenters. The van der Waals surface area contributed by atoms with Crippen LogP contribution >= 0.6 is 0 Å². The highest BCUT2D eigenvalue weighted by Gasteiger charge is 2.13. The molecule has 138 valence electrons. The molecule has 2 aromatic rings. The standard InChI is InChI=1S/C20H25N3O3/c1-21-20(23(2)13-16-6-4-5-7-17(16)24-3)22-11-10-15-8-9-18-19(12-15)26-14-25-18/h4-9,12H,10-11,13-14H2,1-3H3,(H,21,22). The second-order valence-electron chi connectivity index (χ2n) is 6.08. The number of nitrogens with zero attached hydrogens (tertiary/aromatic N) is 2. The predicted octanol–water partition coefficient (Wildman–Crippen LogP) is 2.67. The van der Waals surface area contributed by atoms with Gasteiger partial charge in [0, 0.05) is 32.7 Å². The Morgan fingerprint density at radius 2 is 2.00 bits per heavy atom. The molecule has 1 aliphatic rings. The molecule has 0 saturated heterocycles. The third-order valence-electron chi connectivity index (χ3n) is 4.31. The number of aliphatic imine (C=N–C) groups is 1. The Morgan fingerprint density at radius 1 is 1.19 bits per heavy atom. The molecule has 0 aliphatic carbocycles. The molecular weight excluding hydrogens is 330 g/mol. The number of para-hydroxylation sites is 1.